The molecule has 0 aliphatic rings. The number of aryl methyl sites for hydroxylation is 1. The molecular weight excluding hydrogens is 354 g/mol. The van der Waals surface area contributed by atoms with Crippen LogP contribution in [0.1, 0.15) is 16.3 Å². The molecule has 0 bridgehead atoms. The number of nitrogens with one attached hydrogen (secondary N) is 2. The molecule has 2 aromatic rings. The van der Waals surface area contributed by atoms with Gasteiger partial charge >= 0.3 is 6.03 Å². The number of hydrogen-bond acceptors (Lipinski definition) is 4. The van der Waals surface area contributed by atoms with Crippen LogP contribution >= 0.6 is 27.3 Å². The minimum Gasteiger partial charge on any atom is -0.496 e. The molecule has 7 heteroatoms. The van der Waals surface area contributed by atoms with Crippen LogP contribution in [0.3, 0.4) is 0 Å². The van der Waals surface area contributed by atoms with Crippen LogP contribution < -0.4 is 15.4 Å². The third kappa shape index (κ3) is 4.71. The first-order chi connectivity index (χ1) is 10.1. The molecule has 0 spiro atoms. The van der Waals surface area contributed by atoms with Crippen molar-refractivity contribution in [1.29, 1.82) is 0 Å². The van der Waals surface area contributed by atoms with Gasteiger partial charge < -0.3 is 15.4 Å². The van der Waals surface area contributed by atoms with Crippen molar-refractivity contribution < 1.29 is 9.53 Å². The highest BCUT2D eigenvalue weighted by Crippen LogP contribution is 2.22. The van der Waals surface area contributed by atoms with Gasteiger partial charge in [0.15, 0.2) is 0 Å². The van der Waals surface area contributed by atoms with Gasteiger partial charge in [-0.25, -0.2) is 9.78 Å². The van der Waals surface area contributed by atoms with E-state index >= 15 is 0 Å². The highest BCUT2D eigenvalue weighted by molar-refractivity contribution is 9.10. The topological polar surface area (TPSA) is 63.2 Å². The summed E-state index contributed by atoms with van der Waals surface area (Å²) in [5.41, 5.74) is 1.78. The van der Waals surface area contributed by atoms with Crippen molar-refractivity contribution in [3.8, 4) is 5.75 Å². The Labute approximate surface area is 135 Å². The van der Waals surface area contributed by atoms with Crippen molar-refractivity contribution in [2.24, 2.45) is 0 Å². The molecule has 0 unspecified atom stereocenters. The molecule has 1 heterocycles. The Morgan fingerprint density at radius 3 is 2.81 bits per heavy atom. The van der Waals surface area contributed by atoms with Gasteiger partial charge in [-0.05, 0) is 25.1 Å². The lowest BCUT2D eigenvalue weighted by molar-refractivity contribution is 0.240. The van der Waals surface area contributed by atoms with Crippen LogP contribution in [0, 0.1) is 6.92 Å². The molecule has 112 valence electrons. The SMILES string of the molecule is COc1ccc(Br)cc1CNC(=O)NCc1csc(C)n1. The minimum atomic E-state index is -0.234. The quantitative estimate of drug-likeness (QED) is 0.850. The number of thiazole rings is 1. The first kappa shape index (κ1) is 15.8. The largest absolute Gasteiger partial charge is 0.496 e. The Balaban J connectivity index is 1.85. The molecule has 0 saturated carbocycles. The number of benzene rings is 1. The van der Waals surface area contributed by atoms with Crippen molar-refractivity contribution >= 4 is 33.3 Å². The summed E-state index contributed by atoms with van der Waals surface area (Å²) in [5.74, 6) is 0.744. The average molecular weight is 370 g/mol. The summed E-state index contributed by atoms with van der Waals surface area (Å²) in [4.78, 5) is 16.1. The Hall–Kier alpha value is -1.60. The maximum atomic E-state index is 11.8. The van der Waals surface area contributed by atoms with E-state index in [-0.39, 0.29) is 6.03 Å². The number of carbonyl (C=O) groups excluding carboxylic acids is 1. The van der Waals surface area contributed by atoms with Gasteiger partial charge in [-0.3, -0.25) is 0 Å². The molecule has 0 aliphatic heterocycles. The van der Waals surface area contributed by atoms with Crippen molar-refractivity contribution in [1.82, 2.24) is 15.6 Å². The summed E-state index contributed by atoms with van der Waals surface area (Å²) in [6, 6.07) is 5.44. The maximum Gasteiger partial charge on any atom is 0.315 e. The molecule has 0 radical (unpaired) electrons. The smallest absolute Gasteiger partial charge is 0.315 e. The summed E-state index contributed by atoms with van der Waals surface area (Å²) in [6.45, 7) is 2.75. The van der Waals surface area contributed by atoms with Crippen LogP contribution in [-0.4, -0.2) is 18.1 Å². The highest BCUT2D eigenvalue weighted by Gasteiger charge is 2.07. The second-order valence-corrected chi connectivity index (χ2v) is 6.33. The van der Waals surface area contributed by atoms with Gasteiger partial charge in [0.25, 0.3) is 0 Å². The zero-order valence-corrected chi connectivity index (χ0v) is 14.2. The van der Waals surface area contributed by atoms with E-state index in [1.807, 2.05) is 30.5 Å². The van der Waals surface area contributed by atoms with E-state index in [4.69, 9.17) is 4.74 Å². The van der Waals surface area contributed by atoms with Gasteiger partial charge in [0.05, 0.1) is 24.4 Å². The molecule has 0 saturated heterocycles. The third-order valence-corrected chi connectivity index (χ3v) is 4.09. The van der Waals surface area contributed by atoms with Gasteiger partial charge in [-0.2, -0.15) is 0 Å². The number of hydrogen-bond donors (Lipinski definition) is 2. The van der Waals surface area contributed by atoms with Crippen LogP contribution in [0.2, 0.25) is 0 Å². The summed E-state index contributed by atoms with van der Waals surface area (Å²) >= 11 is 4.97. The van der Waals surface area contributed by atoms with E-state index in [0.717, 1.165) is 26.5 Å². The van der Waals surface area contributed by atoms with Crippen LogP contribution in [0.25, 0.3) is 0 Å². The molecule has 21 heavy (non-hydrogen) atoms. The van der Waals surface area contributed by atoms with Gasteiger partial charge in [-0.15, -0.1) is 11.3 Å². The van der Waals surface area contributed by atoms with E-state index < -0.39 is 0 Å². The van der Waals surface area contributed by atoms with Crippen molar-refractivity contribution in [2.75, 3.05) is 7.11 Å². The number of halogens is 1. The van der Waals surface area contributed by atoms with Crippen molar-refractivity contribution in [3.05, 3.63) is 44.3 Å². The Kier molecular flexibility index (Phi) is 5.58. The van der Waals surface area contributed by atoms with Gasteiger partial charge in [0.1, 0.15) is 5.75 Å². The second kappa shape index (κ2) is 7.42. The van der Waals surface area contributed by atoms with Crippen LogP contribution in [0.5, 0.6) is 5.75 Å². The maximum absolute atomic E-state index is 11.8. The fourth-order valence-electron chi connectivity index (χ4n) is 1.78. The number of urea groups is 1. The van der Waals surface area contributed by atoms with E-state index in [9.17, 15) is 4.79 Å². The predicted molar refractivity (Wildman–Crippen MR) is 86.6 cm³/mol. The standard InChI is InChI=1S/C14H16BrN3O2S/c1-9-18-12(8-21-9)7-17-14(19)16-6-10-5-11(15)3-4-13(10)20-2/h3-5,8H,6-7H2,1-2H3,(H2,16,17,19). The van der Waals surface area contributed by atoms with Crippen molar-refractivity contribution in [3.63, 3.8) is 0 Å². The number of amides is 2. The minimum absolute atomic E-state index is 0.234. The molecule has 1 aromatic heterocycles. The van der Waals surface area contributed by atoms with Crippen molar-refractivity contribution in [2.45, 2.75) is 20.0 Å². The zero-order valence-electron chi connectivity index (χ0n) is 11.8. The highest BCUT2D eigenvalue weighted by atomic mass is 79.9. The second-order valence-electron chi connectivity index (χ2n) is 4.35. The van der Waals surface area contributed by atoms with E-state index in [1.165, 1.54) is 0 Å². The number of rotatable bonds is 5. The monoisotopic (exact) mass is 369 g/mol. The first-order valence-corrected chi connectivity index (χ1v) is 8.01. The van der Waals surface area contributed by atoms with Crippen LogP contribution in [0.15, 0.2) is 28.1 Å². The van der Waals surface area contributed by atoms with E-state index in [1.54, 1.807) is 18.4 Å². The summed E-state index contributed by atoms with van der Waals surface area (Å²) in [7, 11) is 1.61. The molecule has 1 aromatic carbocycles. The molecule has 0 fully saturated rings. The Morgan fingerprint density at radius 1 is 1.38 bits per heavy atom. The fourth-order valence-corrected chi connectivity index (χ4v) is 2.80. The Morgan fingerprint density at radius 2 is 2.14 bits per heavy atom. The molecule has 2 rings (SSSR count). The summed E-state index contributed by atoms with van der Waals surface area (Å²) in [6.07, 6.45) is 0. The predicted octanol–water partition coefficient (Wildman–Crippen LogP) is 3.22. The third-order valence-electron chi connectivity index (χ3n) is 2.78. The van der Waals surface area contributed by atoms with Gasteiger partial charge in [-0.1, -0.05) is 15.9 Å². The lowest BCUT2D eigenvalue weighted by Crippen LogP contribution is -2.34. The molecule has 0 aliphatic carbocycles. The zero-order chi connectivity index (χ0) is 15.2. The molecular formula is C14H16BrN3O2S. The number of ether oxygens (including phenoxy) is 1. The number of methoxy groups -OCH3 is 1. The van der Waals surface area contributed by atoms with E-state index in [2.05, 4.69) is 31.5 Å². The number of carbonyl (C=O) groups is 1. The van der Waals surface area contributed by atoms with Crippen LogP contribution in [-0.2, 0) is 13.1 Å². The normalized spacial score (nSPS) is 10.2. The number of nitrogens with zero attached hydrogens (tertiary/aromatic N) is 1. The molecule has 5 nitrogen and oxygen atoms in total. The van der Waals surface area contributed by atoms with Crippen LogP contribution in [0.4, 0.5) is 4.79 Å². The average Bonchev–Trinajstić information content (AvgIpc) is 2.88. The van der Waals surface area contributed by atoms with E-state index in [0.29, 0.717) is 13.1 Å². The summed E-state index contributed by atoms with van der Waals surface area (Å²) in [5, 5.41) is 8.51. The Bertz CT molecular complexity index is 630. The van der Waals surface area contributed by atoms with Gasteiger partial charge in [0.2, 0.25) is 0 Å². The number of aromatic nitrogens is 1. The first-order valence-electron chi connectivity index (χ1n) is 6.33. The lowest BCUT2D eigenvalue weighted by atomic mass is 10.2. The lowest BCUT2D eigenvalue weighted by Gasteiger charge is -2.10. The molecule has 0 atom stereocenters. The summed E-state index contributed by atoms with van der Waals surface area (Å²) < 4.78 is 6.21. The fraction of sp³-hybridized carbons (Fsp3) is 0.286. The van der Waals surface area contributed by atoms with Gasteiger partial charge in [0, 0.05) is 22.0 Å². The molecule has 2 N–H and O–H groups in total. The molecule has 2 amide bonds.